The van der Waals surface area contributed by atoms with Crippen molar-refractivity contribution in [2.45, 2.75) is 38.5 Å². The fourth-order valence-electron chi connectivity index (χ4n) is 2.75. The number of amides is 1. The van der Waals surface area contributed by atoms with Crippen molar-refractivity contribution in [3.8, 4) is 0 Å². The third-order valence-electron chi connectivity index (χ3n) is 3.93. The van der Waals surface area contributed by atoms with Gasteiger partial charge >= 0.3 is 0 Å². The number of aliphatic hydroxyl groups excluding tert-OH is 1. The molecule has 7 nitrogen and oxygen atoms in total. The minimum absolute atomic E-state index is 0.0160. The normalized spacial score (nSPS) is 22.7. The highest BCUT2D eigenvalue weighted by molar-refractivity contribution is 5.80. The van der Waals surface area contributed by atoms with Gasteiger partial charge in [0, 0.05) is 38.6 Å². The molecule has 2 rings (SSSR count). The molecule has 0 aliphatic carbocycles. The molecule has 2 N–H and O–H groups in total. The molecule has 0 bridgehead atoms. The highest BCUT2D eigenvalue weighted by Gasteiger charge is 2.36. The molecular weight excluding hydrogens is 286 g/mol. The lowest BCUT2D eigenvalue weighted by molar-refractivity contribution is -0.128. The first-order valence-electron chi connectivity index (χ1n) is 7.73. The van der Waals surface area contributed by atoms with Gasteiger partial charge in [-0.1, -0.05) is 0 Å². The quantitative estimate of drug-likeness (QED) is 0.730. The predicted octanol–water partition coefficient (Wildman–Crippen LogP) is 0.494. The minimum Gasteiger partial charge on any atom is -0.396 e. The summed E-state index contributed by atoms with van der Waals surface area (Å²) in [6.07, 6.45) is 4.60. The Morgan fingerprint density at radius 3 is 3.14 bits per heavy atom. The molecule has 3 atom stereocenters. The van der Waals surface area contributed by atoms with Crippen LogP contribution in [0.1, 0.15) is 31.4 Å². The van der Waals surface area contributed by atoms with Gasteiger partial charge in [-0.2, -0.15) is 5.10 Å². The number of carbonyl (C=O) groups excluding carboxylic acids is 1. The summed E-state index contributed by atoms with van der Waals surface area (Å²) in [5, 5.41) is 16.3. The fraction of sp³-hybridized carbons (Fsp3) is 0.733. The van der Waals surface area contributed by atoms with E-state index in [-0.39, 0.29) is 30.6 Å². The molecule has 1 aliphatic heterocycles. The van der Waals surface area contributed by atoms with Crippen molar-refractivity contribution in [3.05, 3.63) is 18.0 Å². The number of aliphatic hydroxyl groups is 1. The molecule has 22 heavy (non-hydrogen) atoms. The standard InChI is InChI=1S/C15H25N3O4/c1-3-18-9-11(8-16-18)14-13(5-7-22-14)15(20)17-12(4-6-19)10-21-2/h8-9,12-14,19H,3-7,10H2,1-2H3,(H,17,20)/t12-,13+,14-/m1/s1. The maximum Gasteiger partial charge on any atom is 0.226 e. The number of aryl methyl sites for hydroxylation is 1. The van der Waals surface area contributed by atoms with Gasteiger partial charge in [-0.05, 0) is 19.8 Å². The molecule has 1 amide bonds. The third-order valence-corrected chi connectivity index (χ3v) is 3.93. The number of hydrogen-bond acceptors (Lipinski definition) is 5. The molecule has 124 valence electrons. The summed E-state index contributed by atoms with van der Waals surface area (Å²) in [7, 11) is 1.58. The van der Waals surface area contributed by atoms with Gasteiger partial charge in [-0.25, -0.2) is 0 Å². The number of methoxy groups -OCH3 is 1. The van der Waals surface area contributed by atoms with E-state index in [1.807, 2.05) is 17.8 Å². The summed E-state index contributed by atoms with van der Waals surface area (Å²) >= 11 is 0. The number of nitrogens with one attached hydrogen (secondary N) is 1. The van der Waals surface area contributed by atoms with E-state index in [9.17, 15) is 4.79 Å². The van der Waals surface area contributed by atoms with Crippen LogP contribution in [0.3, 0.4) is 0 Å². The van der Waals surface area contributed by atoms with Crippen LogP contribution in [0.4, 0.5) is 0 Å². The second-order valence-electron chi connectivity index (χ2n) is 5.49. The summed E-state index contributed by atoms with van der Waals surface area (Å²) in [5.74, 6) is -0.283. The monoisotopic (exact) mass is 311 g/mol. The first-order chi connectivity index (χ1) is 10.7. The number of nitrogens with zero attached hydrogens (tertiary/aromatic N) is 2. The van der Waals surface area contributed by atoms with Crippen molar-refractivity contribution < 1.29 is 19.4 Å². The average Bonchev–Trinajstić information content (AvgIpc) is 3.16. The highest BCUT2D eigenvalue weighted by atomic mass is 16.5. The van der Waals surface area contributed by atoms with E-state index in [0.717, 1.165) is 12.1 Å². The van der Waals surface area contributed by atoms with Gasteiger partial charge in [-0.3, -0.25) is 9.48 Å². The Morgan fingerprint density at radius 2 is 2.50 bits per heavy atom. The van der Waals surface area contributed by atoms with Crippen LogP contribution in [0.2, 0.25) is 0 Å². The lowest BCUT2D eigenvalue weighted by Gasteiger charge is -2.22. The first kappa shape index (κ1) is 16.9. The van der Waals surface area contributed by atoms with E-state index in [1.165, 1.54) is 0 Å². The number of aromatic nitrogens is 2. The van der Waals surface area contributed by atoms with E-state index in [2.05, 4.69) is 10.4 Å². The smallest absolute Gasteiger partial charge is 0.226 e. The predicted molar refractivity (Wildman–Crippen MR) is 80.2 cm³/mol. The molecule has 1 aliphatic rings. The topological polar surface area (TPSA) is 85.6 Å². The zero-order valence-electron chi connectivity index (χ0n) is 13.2. The minimum atomic E-state index is -0.252. The molecule has 1 saturated heterocycles. The van der Waals surface area contributed by atoms with Gasteiger partial charge < -0.3 is 19.9 Å². The zero-order valence-corrected chi connectivity index (χ0v) is 13.2. The van der Waals surface area contributed by atoms with Crippen LogP contribution < -0.4 is 5.32 Å². The largest absolute Gasteiger partial charge is 0.396 e. The van der Waals surface area contributed by atoms with Crippen LogP contribution in [0.25, 0.3) is 0 Å². The number of rotatable bonds is 8. The molecule has 0 saturated carbocycles. The van der Waals surface area contributed by atoms with Crippen molar-refractivity contribution >= 4 is 5.91 Å². The number of ether oxygens (including phenoxy) is 2. The average molecular weight is 311 g/mol. The van der Waals surface area contributed by atoms with E-state index >= 15 is 0 Å². The van der Waals surface area contributed by atoms with Crippen molar-refractivity contribution in [2.75, 3.05) is 26.9 Å². The van der Waals surface area contributed by atoms with Crippen LogP contribution in [0.15, 0.2) is 12.4 Å². The fourth-order valence-corrected chi connectivity index (χ4v) is 2.75. The van der Waals surface area contributed by atoms with E-state index in [4.69, 9.17) is 14.6 Å². The van der Waals surface area contributed by atoms with Crippen LogP contribution in [0, 0.1) is 5.92 Å². The van der Waals surface area contributed by atoms with E-state index < -0.39 is 0 Å². The number of hydrogen-bond donors (Lipinski definition) is 2. The van der Waals surface area contributed by atoms with Gasteiger partial charge in [-0.15, -0.1) is 0 Å². The SMILES string of the molecule is CCn1cc([C@H]2OCC[C@@H]2C(=O)N[C@H](CCO)COC)cn1. The Labute approximate surface area is 130 Å². The third kappa shape index (κ3) is 4.06. The van der Waals surface area contributed by atoms with Crippen LogP contribution in [0.5, 0.6) is 0 Å². The van der Waals surface area contributed by atoms with Gasteiger partial charge in [0.25, 0.3) is 0 Å². The summed E-state index contributed by atoms with van der Waals surface area (Å²) in [5.41, 5.74) is 0.935. The Bertz CT molecular complexity index is 471. The van der Waals surface area contributed by atoms with E-state index in [0.29, 0.717) is 26.1 Å². The molecule has 1 fully saturated rings. The Hall–Kier alpha value is -1.44. The lowest BCUT2D eigenvalue weighted by Crippen LogP contribution is -2.42. The summed E-state index contributed by atoms with van der Waals surface area (Å²) in [6.45, 7) is 3.77. The molecule has 0 spiro atoms. The van der Waals surface area contributed by atoms with Crippen molar-refractivity contribution in [1.29, 1.82) is 0 Å². The summed E-state index contributed by atoms with van der Waals surface area (Å²) in [6, 6.07) is -0.179. The summed E-state index contributed by atoms with van der Waals surface area (Å²) < 4.78 is 12.6. The van der Waals surface area contributed by atoms with Crippen LogP contribution >= 0.6 is 0 Å². The molecule has 0 radical (unpaired) electrons. The van der Waals surface area contributed by atoms with E-state index in [1.54, 1.807) is 13.3 Å². The Morgan fingerprint density at radius 1 is 1.68 bits per heavy atom. The van der Waals surface area contributed by atoms with Crippen molar-refractivity contribution in [3.63, 3.8) is 0 Å². The molecule has 1 aromatic heterocycles. The second-order valence-corrected chi connectivity index (χ2v) is 5.49. The Kier molecular flexibility index (Phi) is 6.35. The second kappa shape index (κ2) is 8.26. The first-order valence-corrected chi connectivity index (χ1v) is 7.73. The molecular formula is C15H25N3O4. The molecule has 2 heterocycles. The van der Waals surface area contributed by atoms with Crippen LogP contribution in [-0.4, -0.2) is 53.8 Å². The Balaban J connectivity index is 2.01. The molecule has 1 aromatic rings. The van der Waals surface area contributed by atoms with Crippen LogP contribution in [-0.2, 0) is 20.8 Å². The highest BCUT2D eigenvalue weighted by Crippen LogP contribution is 2.34. The molecule has 0 aromatic carbocycles. The van der Waals surface area contributed by atoms with Gasteiger partial charge in [0.15, 0.2) is 0 Å². The van der Waals surface area contributed by atoms with Gasteiger partial charge in [0.05, 0.1) is 30.9 Å². The zero-order chi connectivity index (χ0) is 15.9. The maximum absolute atomic E-state index is 12.5. The molecule has 0 unspecified atom stereocenters. The van der Waals surface area contributed by atoms with Gasteiger partial charge in [0.2, 0.25) is 5.91 Å². The summed E-state index contributed by atoms with van der Waals surface area (Å²) in [4.78, 5) is 12.5. The molecule has 7 heteroatoms. The van der Waals surface area contributed by atoms with Crippen molar-refractivity contribution in [2.24, 2.45) is 5.92 Å². The number of carbonyl (C=O) groups is 1. The van der Waals surface area contributed by atoms with Gasteiger partial charge in [0.1, 0.15) is 0 Å². The maximum atomic E-state index is 12.5. The van der Waals surface area contributed by atoms with Crippen molar-refractivity contribution in [1.82, 2.24) is 15.1 Å². The lowest BCUT2D eigenvalue weighted by atomic mass is 9.96.